The molecule has 2 aromatic heterocycles. The average molecular weight is 708 g/mol. The highest BCUT2D eigenvalue weighted by molar-refractivity contribution is 6.11. The molecule has 0 saturated heterocycles. The maximum Gasteiger partial charge on any atom is 0.164 e. The molecule has 4 heteroatoms. The smallest absolute Gasteiger partial charge is 0.164 e. The van der Waals surface area contributed by atoms with Crippen LogP contribution < -0.4 is 0 Å². The Kier molecular flexibility index (Phi) is 7.38. The molecule has 0 radical (unpaired) electrons. The molecule has 1 saturated carbocycles. The molecule has 0 aliphatic heterocycles. The molecule has 1 spiro atoms. The molecule has 2 aliphatic rings. The second-order valence-corrected chi connectivity index (χ2v) is 15.0. The summed E-state index contributed by atoms with van der Waals surface area (Å²) >= 11 is 0. The first-order chi connectivity index (χ1) is 27.2. The summed E-state index contributed by atoms with van der Waals surface area (Å²) in [5, 5.41) is 2.05. The molecular weight excluding hydrogens is 671 g/mol. The summed E-state index contributed by atoms with van der Waals surface area (Å²) in [6.45, 7) is 0. The van der Waals surface area contributed by atoms with Crippen LogP contribution in [0.1, 0.15) is 43.2 Å². The Morgan fingerprint density at radius 1 is 0.382 bits per heavy atom. The van der Waals surface area contributed by atoms with Gasteiger partial charge in [-0.25, -0.2) is 15.0 Å². The monoisotopic (exact) mass is 707 g/mol. The zero-order chi connectivity index (χ0) is 36.3. The summed E-state index contributed by atoms with van der Waals surface area (Å²) in [6.07, 6.45) is 6.42. The number of hydrogen-bond donors (Lipinski definition) is 0. The standard InChI is InChI=1S/C51H37N3O/c1-3-13-36(14-4-1)48-52-49(54-50(53-48)41-18-12-22-45-47(41)40-16-6-8-21-44(40)55-45)37-29-25-34(26-30-37)33-23-27-35(28-24-33)38-17-11-20-43-46(38)39-15-5-7-19-42(39)51(43)31-9-2-10-32-51/h1,3-8,11-30H,2,9-10,31-32H2. The highest BCUT2D eigenvalue weighted by Gasteiger charge is 2.44. The molecule has 4 nitrogen and oxygen atoms in total. The van der Waals surface area contributed by atoms with Crippen molar-refractivity contribution in [2.24, 2.45) is 0 Å². The van der Waals surface area contributed by atoms with Crippen LogP contribution in [0.2, 0.25) is 0 Å². The van der Waals surface area contributed by atoms with Crippen molar-refractivity contribution >= 4 is 21.9 Å². The van der Waals surface area contributed by atoms with Crippen molar-refractivity contribution in [2.75, 3.05) is 0 Å². The van der Waals surface area contributed by atoms with Crippen molar-refractivity contribution in [2.45, 2.75) is 37.5 Å². The van der Waals surface area contributed by atoms with Crippen LogP contribution in [0.25, 0.3) is 89.5 Å². The minimum Gasteiger partial charge on any atom is -0.456 e. The van der Waals surface area contributed by atoms with Crippen molar-refractivity contribution in [1.29, 1.82) is 0 Å². The van der Waals surface area contributed by atoms with Crippen LogP contribution in [0.15, 0.2) is 168 Å². The number of rotatable bonds is 5. The number of benzene rings is 7. The van der Waals surface area contributed by atoms with Gasteiger partial charge in [0.15, 0.2) is 17.5 Å². The maximum atomic E-state index is 6.22. The molecule has 11 rings (SSSR count). The molecule has 0 unspecified atom stereocenters. The quantitative estimate of drug-likeness (QED) is 0.179. The van der Waals surface area contributed by atoms with Gasteiger partial charge in [-0.3, -0.25) is 0 Å². The van der Waals surface area contributed by atoms with Gasteiger partial charge in [0.05, 0.1) is 0 Å². The van der Waals surface area contributed by atoms with E-state index in [2.05, 4.69) is 103 Å². The second-order valence-electron chi connectivity index (χ2n) is 15.0. The lowest BCUT2D eigenvalue weighted by Gasteiger charge is -2.36. The minimum atomic E-state index is 0.157. The lowest BCUT2D eigenvalue weighted by atomic mass is 9.68. The van der Waals surface area contributed by atoms with E-state index in [4.69, 9.17) is 19.4 Å². The molecule has 2 heterocycles. The van der Waals surface area contributed by atoms with E-state index in [1.807, 2.05) is 60.7 Å². The van der Waals surface area contributed by atoms with Gasteiger partial charge >= 0.3 is 0 Å². The van der Waals surface area contributed by atoms with Crippen LogP contribution in [0.5, 0.6) is 0 Å². The second kappa shape index (κ2) is 12.7. The zero-order valence-corrected chi connectivity index (χ0v) is 30.4. The third-order valence-corrected chi connectivity index (χ3v) is 12.0. The minimum absolute atomic E-state index is 0.157. The van der Waals surface area contributed by atoms with E-state index < -0.39 is 0 Å². The Morgan fingerprint density at radius 3 is 1.71 bits per heavy atom. The summed E-state index contributed by atoms with van der Waals surface area (Å²) in [5.74, 6) is 1.88. The molecule has 9 aromatic rings. The molecule has 0 bridgehead atoms. The first-order valence-electron chi connectivity index (χ1n) is 19.4. The van der Waals surface area contributed by atoms with Gasteiger partial charge in [-0.2, -0.15) is 0 Å². The Bertz CT molecular complexity index is 2880. The van der Waals surface area contributed by atoms with Gasteiger partial charge in [-0.1, -0.05) is 171 Å². The van der Waals surface area contributed by atoms with Crippen molar-refractivity contribution in [3.8, 4) is 67.5 Å². The lowest BCUT2D eigenvalue weighted by molar-refractivity contribution is 0.353. The lowest BCUT2D eigenvalue weighted by Crippen LogP contribution is -2.27. The van der Waals surface area contributed by atoms with E-state index >= 15 is 0 Å². The van der Waals surface area contributed by atoms with E-state index in [-0.39, 0.29) is 5.41 Å². The van der Waals surface area contributed by atoms with E-state index in [1.165, 1.54) is 71.0 Å². The summed E-state index contributed by atoms with van der Waals surface area (Å²) in [4.78, 5) is 15.1. The molecular formula is C51H37N3O. The predicted molar refractivity (Wildman–Crippen MR) is 224 cm³/mol. The van der Waals surface area contributed by atoms with Gasteiger partial charge in [0.25, 0.3) is 0 Å². The zero-order valence-electron chi connectivity index (χ0n) is 30.4. The normalized spacial score (nSPS) is 14.3. The Hall–Kier alpha value is -6.65. The summed E-state index contributed by atoms with van der Waals surface area (Å²) in [6, 6.07) is 58.1. The number of aromatic nitrogens is 3. The molecule has 2 aliphatic carbocycles. The van der Waals surface area contributed by atoms with Crippen molar-refractivity contribution in [3.63, 3.8) is 0 Å². The SMILES string of the molecule is c1ccc(-c2nc(-c3ccc(-c4ccc(-c5cccc6c5-c5ccccc5C65CCCCC5)cc4)cc3)nc(-c3cccc4oc5ccccc5c34)n2)cc1. The molecule has 0 N–H and O–H groups in total. The number of furan rings is 1. The Labute approximate surface area is 320 Å². The van der Waals surface area contributed by atoms with E-state index in [1.54, 1.807) is 0 Å². The number of fused-ring (bicyclic) bond motifs is 8. The molecule has 1 fully saturated rings. The fraction of sp³-hybridized carbons (Fsp3) is 0.118. The predicted octanol–water partition coefficient (Wildman–Crippen LogP) is 13.3. The third kappa shape index (κ3) is 5.16. The molecule has 262 valence electrons. The fourth-order valence-corrected chi connectivity index (χ4v) is 9.40. The third-order valence-electron chi connectivity index (χ3n) is 12.0. The van der Waals surface area contributed by atoms with Gasteiger partial charge in [-0.05, 0) is 69.5 Å². The first kappa shape index (κ1) is 31.8. The molecule has 0 atom stereocenters. The molecule has 7 aromatic carbocycles. The molecule has 55 heavy (non-hydrogen) atoms. The number of hydrogen-bond acceptors (Lipinski definition) is 4. The van der Waals surface area contributed by atoms with Crippen LogP contribution in [-0.4, -0.2) is 15.0 Å². The topological polar surface area (TPSA) is 51.8 Å². The summed E-state index contributed by atoms with van der Waals surface area (Å²) < 4.78 is 6.22. The van der Waals surface area contributed by atoms with E-state index in [9.17, 15) is 0 Å². The number of nitrogens with zero attached hydrogens (tertiary/aromatic N) is 3. The number of para-hydroxylation sites is 1. The van der Waals surface area contributed by atoms with Crippen LogP contribution in [0.3, 0.4) is 0 Å². The fourth-order valence-electron chi connectivity index (χ4n) is 9.40. The van der Waals surface area contributed by atoms with Crippen LogP contribution in [-0.2, 0) is 5.41 Å². The van der Waals surface area contributed by atoms with E-state index in [0.29, 0.717) is 17.5 Å². The first-order valence-corrected chi connectivity index (χ1v) is 19.4. The van der Waals surface area contributed by atoms with Gasteiger partial charge < -0.3 is 4.42 Å². The van der Waals surface area contributed by atoms with Crippen LogP contribution in [0, 0.1) is 0 Å². The van der Waals surface area contributed by atoms with Crippen molar-refractivity contribution < 1.29 is 4.42 Å². The molecule has 0 amide bonds. The Morgan fingerprint density at radius 2 is 0.927 bits per heavy atom. The summed E-state index contributed by atoms with van der Waals surface area (Å²) in [7, 11) is 0. The van der Waals surface area contributed by atoms with Gasteiger partial charge in [0.2, 0.25) is 0 Å². The van der Waals surface area contributed by atoms with Gasteiger partial charge in [-0.15, -0.1) is 0 Å². The maximum absolute atomic E-state index is 6.22. The highest BCUT2D eigenvalue weighted by atomic mass is 16.3. The Balaban J connectivity index is 0.954. The van der Waals surface area contributed by atoms with E-state index in [0.717, 1.165) is 44.2 Å². The van der Waals surface area contributed by atoms with Crippen molar-refractivity contribution in [1.82, 2.24) is 15.0 Å². The average Bonchev–Trinajstić information content (AvgIpc) is 3.78. The van der Waals surface area contributed by atoms with Crippen LogP contribution >= 0.6 is 0 Å². The van der Waals surface area contributed by atoms with Crippen LogP contribution in [0.4, 0.5) is 0 Å². The highest BCUT2D eigenvalue weighted by Crippen LogP contribution is 2.57. The largest absolute Gasteiger partial charge is 0.456 e. The van der Waals surface area contributed by atoms with Crippen molar-refractivity contribution in [3.05, 3.63) is 175 Å². The van der Waals surface area contributed by atoms with Gasteiger partial charge in [0, 0.05) is 32.9 Å². The van der Waals surface area contributed by atoms with Gasteiger partial charge in [0.1, 0.15) is 11.2 Å². The summed E-state index contributed by atoms with van der Waals surface area (Å²) in [5.41, 5.74) is 15.4.